The smallest absolute Gasteiger partial charge is 0.422 e. The van der Waals surface area contributed by atoms with Gasteiger partial charge in [-0.15, -0.1) is 0 Å². The summed E-state index contributed by atoms with van der Waals surface area (Å²) in [5.74, 6) is 0. The number of thiophene rings is 1. The van der Waals surface area contributed by atoms with Gasteiger partial charge in [-0.3, -0.25) is 0 Å². The number of likely N-dealkylation sites (N-methyl/N-ethyl adjacent to an activating group) is 1. The van der Waals surface area contributed by atoms with Crippen molar-refractivity contribution in [3.8, 4) is 0 Å². The number of alkyl halides is 3. The van der Waals surface area contributed by atoms with Gasteiger partial charge in [0.25, 0.3) is 0 Å². The zero-order valence-corrected chi connectivity index (χ0v) is 11.3. The molecule has 1 aromatic rings. The number of carbonyl (C=O) groups is 1. The van der Waals surface area contributed by atoms with Gasteiger partial charge in [0.05, 0.1) is 6.04 Å². The summed E-state index contributed by atoms with van der Waals surface area (Å²) in [6, 6.07) is 1.79. The van der Waals surface area contributed by atoms with Crippen LogP contribution in [0.3, 0.4) is 0 Å². The second-order valence-electron chi connectivity index (χ2n) is 4.11. The van der Waals surface area contributed by atoms with Crippen molar-refractivity contribution in [1.82, 2.24) is 10.2 Å². The van der Waals surface area contributed by atoms with Crippen LogP contribution in [0.2, 0.25) is 0 Å². The first-order valence-corrected chi connectivity index (χ1v) is 6.40. The largest absolute Gasteiger partial charge is 0.440 e. The number of amides is 1. The Kier molecular flexibility index (Phi) is 5.61. The summed E-state index contributed by atoms with van der Waals surface area (Å²) in [6.45, 7) is -1.40. The molecule has 0 saturated heterocycles. The molecule has 1 amide bonds. The molecule has 4 nitrogen and oxygen atoms in total. The Labute approximate surface area is 113 Å². The molecule has 108 valence electrons. The lowest BCUT2D eigenvalue weighted by Crippen LogP contribution is -2.36. The van der Waals surface area contributed by atoms with Crippen molar-refractivity contribution in [2.75, 3.05) is 27.2 Å². The van der Waals surface area contributed by atoms with Gasteiger partial charge in [-0.25, -0.2) is 4.79 Å². The topological polar surface area (TPSA) is 41.6 Å². The van der Waals surface area contributed by atoms with E-state index >= 15 is 0 Å². The van der Waals surface area contributed by atoms with E-state index in [1.165, 1.54) is 11.3 Å². The predicted molar refractivity (Wildman–Crippen MR) is 66.2 cm³/mol. The molecule has 8 heteroatoms. The lowest BCUT2D eigenvalue weighted by Gasteiger charge is -2.23. The molecule has 0 bridgehead atoms. The highest BCUT2D eigenvalue weighted by molar-refractivity contribution is 7.07. The molecule has 0 fully saturated rings. The maximum absolute atomic E-state index is 11.9. The first-order valence-electron chi connectivity index (χ1n) is 5.45. The molecule has 1 aromatic heterocycles. The summed E-state index contributed by atoms with van der Waals surface area (Å²) in [6.07, 6.45) is -5.58. The molecule has 0 aliphatic heterocycles. The van der Waals surface area contributed by atoms with Gasteiger partial charge in [0, 0.05) is 6.54 Å². The van der Waals surface area contributed by atoms with Crippen LogP contribution in [-0.4, -0.2) is 44.4 Å². The van der Waals surface area contributed by atoms with E-state index in [9.17, 15) is 18.0 Å². The van der Waals surface area contributed by atoms with Gasteiger partial charge in [0.15, 0.2) is 6.61 Å². The minimum Gasteiger partial charge on any atom is -0.440 e. The average Bonchev–Trinajstić information content (AvgIpc) is 2.78. The second-order valence-corrected chi connectivity index (χ2v) is 4.89. The number of nitrogens with zero attached hydrogens (tertiary/aromatic N) is 1. The molecule has 1 N–H and O–H groups in total. The predicted octanol–water partition coefficient (Wildman–Crippen LogP) is 2.64. The molecule has 1 rings (SSSR count). The Hall–Kier alpha value is -1.28. The number of hydrogen-bond acceptors (Lipinski definition) is 4. The zero-order valence-electron chi connectivity index (χ0n) is 10.5. The average molecular weight is 296 g/mol. The van der Waals surface area contributed by atoms with Gasteiger partial charge in [0.1, 0.15) is 0 Å². The summed E-state index contributed by atoms with van der Waals surface area (Å²) in [7, 11) is 3.65. The van der Waals surface area contributed by atoms with E-state index in [4.69, 9.17) is 0 Å². The van der Waals surface area contributed by atoms with Crippen molar-refractivity contribution >= 4 is 17.4 Å². The molecule has 1 atom stereocenters. The van der Waals surface area contributed by atoms with E-state index in [0.29, 0.717) is 0 Å². The van der Waals surface area contributed by atoms with Gasteiger partial charge in [-0.05, 0) is 36.5 Å². The van der Waals surface area contributed by atoms with Crippen molar-refractivity contribution in [2.45, 2.75) is 12.2 Å². The molecule has 0 radical (unpaired) electrons. The molecule has 0 aromatic carbocycles. The van der Waals surface area contributed by atoms with Crippen LogP contribution in [0.1, 0.15) is 11.6 Å². The lowest BCUT2D eigenvalue weighted by atomic mass is 10.1. The van der Waals surface area contributed by atoms with Gasteiger partial charge in [-0.2, -0.15) is 24.5 Å². The SMILES string of the molecule is CN(C)[C@@H](CNC(=O)OCC(F)(F)F)c1ccsc1. The third kappa shape index (κ3) is 5.93. The van der Waals surface area contributed by atoms with Crippen LogP contribution in [0.15, 0.2) is 16.8 Å². The van der Waals surface area contributed by atoms with Crippen LogP contribution in [0.25, 0.3) is 0 Å². The number of ether oxygens (including phenoxy) is 1. The van der Waals surface area contributed by atoms with Gasteiger partial charge in [0.2, 0.25) is 0 Å². The fourth-order valence-corrected chi connectivity index (χ4v) is 2.15. The zero-order chi connectivity index (χ0) is 14.5. The molecule has 1 heterocycles. The van der Waals surface area contributed by atoms with Crippen LogP contribution in [-0.2, 0) is 4.74 Å². The quantitative estimate of drug-likeness (QED) is 0.908. The summed E-state index contributed by atoms with van der Waals surface area (Å²) in [5, 5.41) is 6.15. The van der Waals surface area contributed by atoms with Crippen molar-refractivity contribution in [2.24, 2.45) is 0 Å². The minimum atomic E-state index is -4.51. The van der Waals surface area contributed by atoms with E-state index < -0.39 is 18.9 Å². The highest BCUT2D eigenvalue weighted by Gasteiger charge is 2.29. The number of rotatable bonds is 5. The summed E-state index contributed by atoms with van der Waals surface area (Å²) in [4.78, 5) is 13.0. The van der Waals surface area contributed by atoms with Crippen LogP contribution < -0.4 is 5.32 Å². The Morgan fingerprint density at radius 1 is 1.53 bits per heavy atom. The van der Waals surface area contributed by atoms with Crippen molar-refractivity contribution in [3.05, 3.63) is 22.4 Å². The highest BCUT2D eigenvalue weighted by atomic mass is 32.1. The number of carbonyl (C=O) groups excluding carboxylic acids is 1. The Bertz CT molecular complexity index is 393. The van der Waals surface area contributed by atoms with Crippen molar-refractivity contribution in [1.29, 1.82) is 0 Å². The van der Waals surface area contributed by atoms with Crippen LogP contribution in [0.4, 0.5) is 18.0 Å². The second kappa shape index (κ2) is 6.76. The van der Waals surface area contributed by atoms with Crippen LogP contribution in [0, 0.1) is 0 Å². The van der Waals surface area contributed by atoms with Gasteiger partial charge < -0.3 is 15.0 Å². The number of nitrogens with one attached hydrogen (secondary N) is 1. The Morgan fingerprint density at radius 2 is 2.21 bits per heavy atom. The van der Waals surface area contributed by atoms with E-state index in [1.807, 2.05) is 35.8 Å². The van der Waals surface area contributed by atoms with Gasteiger partial charge >= 0.3 is 12.3 Å². The first kappa shape index (κ1) is 15.8. The first-order chi connectivity index (χ1) is 8.79. The molecule has 0 spiro atoms. The standard InChI is InChI=1S/C11H15F3N2O2S/c1-16(2)9(8-3-4-19-6-8)5-15-10(17)18-7-11(12,13)14/h3-4,6,9H,5,7H2,1-2H3,(H,15,17)/t9-/m0/s1. The van der Waals surface area contributed by atoms with E-state index in [2.05, 4.69) is 10.1 Å². The fourth-order valence-electron chi connectivity index (χ4n) is 1.44. The van der Waals surface area contributed by atoms with Gasteiger partial charge in [-0.1, -0.05) is 0 Å². The number of halogens is 3. The highest BCUT2D eigenvalue weighted by Crippen LogP contribution is 2.20. The monoisotopic (exact) mass is 296 g/mol. The lowest BCUT2D eigenvalue weighted by molar-refractivity contribution is -0.160. The van der Waals surface area contributed by atoms with E-state index in [1.54, 1.807) is 0 Å². The normalized spacial score (nSPS) is 13.4. The van der Waals surface area contributed by atoms with Crippen molar-refractivity contribution in [3.63, 3.8) is 0 Å². The molecular weight excluding hydrogens is 281 g/mol. The van der Waals surface area contributed by atoms with E-state index in [0.717, 1.165) is 5.56 Å². The fraction of sp³-hybridized carbons (Fsp3) is 0.545. The number of alkyl carbamates (subject to hydrolysis) is 1. The van der Waals surface area contributed by atoms with Crippen LogP contribution >= 0.6 is 11.3 Å². The molecule has 19 heavy (non-hydrogen) atoms. The maximum atomic E-state index is 11.9. The summed E-state index contributed by atoms with van der Waals surface area (Å²) < 4.78 is 39.6. The molecular formula is C11H15F3N2O2S. The molecule has 0 aliphatic rings. The summed E-state index contributed by atoms with van der Waals surface area (Å²) >= 11 is 1.51. The minimum absolute atomic E-state index is 0.107. The molecule has 0 saturated carbocycles. The third-order valence-corrected chi connectivity index (χ3v) is 3.06. The molecule has 0 aliphatic carbocycles. The Morgan fingerprint density at radius 3 is 2.68 bits per heavy atom. The summed E-state index contributed by atoms with van der Waals surface area (Å²) in [5.41, 5.74) is 0.992. The maximum Gasteiger partial charge on any atom is 0.422 e. The van der Waals surface area contributed by atoms with E-state index in [-0.39, 0.29) is 12.6 Å². The third-order valence-electron chi connectivity index (χ3n) is 2.36. The number of hydrogen-bond donors (Lipinski definition) is 1. The molecule has 0 unspecified atom stereocenters. The van der Waals surface area contributed by atoms with Crippen molar-refractivity contribution < 1.29 is 22.7 Å². The van der Waals surface area contributed by atoms with Crippen LogP contribution in [0.5, 0.6) is 0 Å². The Balaban J connectivity index is 2.43.